The van der Waals surface area contributed by atoms with Crippen LogP contribution in [-0.4, -0.2) is 42.6 Å². The van der Waals surface area contributed by atoms with Crippen LogP contribution in [0.2, 0.25) is 0 Å². The number of fused-ring (bicyclic) bond motifs is 5. The fourth-order valence-electron chi connectivity index (χ4n) is 4.71. The van der Waals surface area contributed by atoms with Crippen molar-refractivity contribution >= 4 is 23.6 Å². The summed E-state index contributed by atoms with van der Waals surface area (Å²) in [5.74, 6) is -1.34. The first-order chi connectivity index (χ1) is 13.6. The Balaban J connectivity index is 1.65. The van der Waals surface area contributed by atoms with E-state index in [9.17, 15) is 14.4 Å². The van der Waals surface area contributed by atoms with Crippen LogP contribution >= 0.6 is 0 Å². The maximum absolute atomic E-state index is 13.4. The number of nitrogens with zero attached hydrogens (tertiary/aromatic N) is 2. The van der Waals surface area contributed by atoms with Crippen molar-refractivity contribution in [3.63, 3.8) is 0 Å². The molecule has 0 radical (unpaired) electrons. The van der Waals surface area contributed by atoms with Crippen LogP contribution in [0.15, 0.2) is 54.6 Å². The van der Waals surface area contributed by atoms with E-state index in [1.165, 1.54) is 7.11 Å². The Morgan fingerprint density at radius 3 is 2.50 bits per heavy atom. The number of benzene rings is 2. The Hall–Kier alpha value is -3.35. The number of ether oxygens (including phenoxy) is 2. The lowest BCUT2D eigenvalue weighted by Gasteiger charge is -2.33. The molecule has 2 saturated heterocycles. The Bertz CT molecular complexity index is 976. The number of urea groups is 1. The maximum Gasteiger partial charge on any atom is 0.332 e. The van der Waals surface area contributed by atoms with Gasteiger partial charge in [-0.15, -0.1) is 0 Å². The molecule has 0 saturated carbocycles. The highest BCUT2D eigenvalue weighted by molar-refractivity contribution is 6.22. The molecular formula is C21H18N2O5. The molecule has 3 aliphatic heterocycles. The normalized spacial score (nSPS) is 27.8. The molecule has 0 spiro atoms. The van der Waals surface area contributed by atoms with Crippen molar-refractivity contribution in [2.75, 3.05) is 18.6 Å². The molecule has 3 amide bonds. The van der Waals surface area contributed by atoms with Gasteiger partial charge in [-0.25, -0.2) is 9.69 Å². The summed E-state index contributed by atoms with van der Waals surface area (Å²) in [4.78, 5) is 42.0. The van der Waals surface area contributed by atoms with Gasteiger partial charge in [0.05, 0.1) is 31.4 Å². The number of hydrogen-bond acceptors (Lipinski definition) is 5. The van der Waals surface area contributed by atoms with E-state index in [1.54, 1.807) is 29.2 Å². The third-order valence-electron chi connectivity index (χ3n) is 5.85. The van der Waals surface area contributed by atoms with Crippen LogP contribution in [0.1, 0.15) is 11.6 Å². The molecule has 2 fully saturated rings. The number of amides is 3. The van der Waals surface area contributed by atoms with Crippen LogP contribution < -0.4 is 9.64 Å². The van der Waals surface area contributed by atoms with Gasteiger partial charge >= 0.3 is 12.0 Å². The lowest BCUT2D eigenvalue weighted by Crippen LogP contribution is -2.41. The van der Waals surface area contributed by atoms with Crippen molar-refractivity contribution in [2.45, 2.75) is 12.1 Å². The van der Waals surface area contributed by atoms with Crippen molar-refractivity contribution in [1.82, 2.24) is 4.90 Å². The second-order valence-corrected chi connectivity index (χ2v) is 7.15. The zero-order chi connectivity index (χ0) is 19.4. The number of anilines is 1. The summed E-state index contributed by atoms with van der Waals surface area (Å²) in [5.41, 5.74) is 1.30. The quantitative estimate of drug-likeness (QED) is 0.592. The molecule has 0 aliphatic carbocycles. The van der Waals surface area contributed by atoms with E-state index in [-0.39, 0.29) is 12.5 Å². The number of rotatable bonds is 2. The Labute approximate surface area is 161 Å². The number of carbonyl (C=O) groups is 3. The summed E-state index contributed by atoms with van der Waals surface area (Å²) in [6, 6.07) is 14.5. The highest BCUT2D eigenvalue weighted by atomic mass is 16.5. The van der Waals surface area contributed by atoms with Gasteiger partial charge in [0, 0.05) is 11.5 Å². The van der Waals surface area contributed by atoms with E-state index >= 15 is 0 Å². The molecule has 4 atom stereocenters. The minimum Gasteiger partial charge on any atom is -0.493 e. The molecule has 0 bridgehead atoms. The highest BCUT2D eigenvalue weighted by Gasteiger charge is 2.65. The molecule has 0 unspecified atom stereocenters. The van der Waals surface area contributed by atoms with Crippen LogP contribution in [0.5, 0.6) is 5.75 Å². The summed E-state index contributed by atoms with van der Waals surface area (Å²) in [7, 11) is 1.30. The van der Waals surface area contributed by atoms with Gasteiger partial charge in [0.2, 0.25) is 0 Å². The number of hydrogen-bond donors (Lipinski definition) is 0. The molecule has 3 heterocycles. The van der Waals surface area contributed by atoms with Gasteiger partial charge in [-0.05, 0) is 18.2 Å². The van der Waals surface area contributed by atoms with Crippen LogP contribution in [0.25, 0.3) is 0 Å². The smallest absolute Gasteiger partial charge is 0.332 e. The number of methoxy groups -OCH3 is 1. The lowest BCUT2D eigenvalue weighted by molar-refractivity contribution is -0.149. The topological polar surface area (TPSA) is 76.2 Å². The summed E-state index contributed by atoms with van der Waals surface area (Å²) >= 11 is 0. The van der Waals surface area contributed by atoms with E-state index in [0.717, 1.165) is 10.5 Å². The Morgan fingerprint density at radius 1 is 1.04 bits per heavy atom. The highest BCUT2D eigenvalue weighted by Crippen LogP contribution is 2.53. The van der Waals surface area contributed by atoms with Gasteiger partial charge in [0.25, 0.3) is 5.91 Å². The number of carbonyl (C=O) groups excluding carboxylic acids is 3. The summed E-state index contributed by atoms with van der Waals surface area (Å²) < 4.78 is 10.8. The molecule has 2 aromatic carbocycles. The summed E-state index contributed by atoms with van der Waals surface area (Å²) in [5, 5.41) is 0. The third-order valence-corrected chi connectivity index (χ3v) is 5.85. The van der Waals surface area contributed by atoms with Gasteiger partial charge in [-0.2, -0.15) is 0 Å². The first-order valence-electron chi connectivity index (χ1n) is 9.14. The molecule has 5 rings (SSSR count). The number of esters is 1. The maximum atomic E-state index is 13.4. The van der Waals surface area contributed by atoms with E-state index in [1.807, 2.05) is 30.3 Å². The van der Waals surface area contributed by atoms with Crippen molar-refractivity contribution < 1.29 is 23.9 Å². The molecule has 2 aromatic rings. The Kier molecular flexibility index (Phi) is 3.65. The molecule has 3 aliphatic rings. The fourth-order valence-corrected chi connectivity index (χ4v) is 4.71. The van der Waals surface area contributed by atoms with Crippen molar-refractivity contribution in [3.05, 3.63) is 60.2 Å². The molecule has 7 heteroatoms. The number of para-hydroxylation sites is 2. The first kappa shape index (κ1) is 16.8. The molecule has 0 N–H and O–H groups in total. The van der Waals surface area contributed by atoms with Crippen LogP contribution in [0, 0.1) is 11.8 Å². The third kappa shape index (κ3) is 2.13. The second-order valence-electron chi connectivity index (χ2n) is 7.15. The summed E-state index contributed by atoms with van der Waals surface area (Å²) in [6.07, 6.45) is 0. The van der Waals surface area contributed by atoms with E-state index in [2.05, 4.69) is 0 Å². The van der Waals surface area contributed by atoms with Gasteiger partial charge in [-0.3, -0.25) is 9.59 Å². The van der Waals surface area contributed by atoms with E-state index < -0.39 is 35.9 Å². The monoisotopic (exact) mass is 378 g/mol. The van der Waals surface area contributed by atoms with Crippen molar-refractivity contribution in [1.29, 1.82) is 0 Å². The molecule has 7 nitrogen and oxygen atoms in total. The predicted octanol–water partition coefficient (Wildman–Crippen LogP) is 2.38. The zero-order valence-corrected chi connectivity index (χ0v) is 15.1. The second kappa shape index (κ2) is 6.09. The van der Waals surface area contributed by atoms with Gasteiger partial charge in [0.15, 0.2) is 0 Å². The van der Waals surface area contributed by atoms with Gasteiger partial charge in [-0.1, -0.05) is 36.4 Å². The standard InChI is InChI=1S/C21H18N2O5/c1-27-20(25)16-14-11-28-15-10-6-5-9-13(15)17(14)23-18(16)19(24)22(21(23)26)12-7-3-2-4-8-12/h2-10,14,16-18H,11H2,1H3/t14-,16-,17+,18-/m0/s1. The average Bonchev–Trinajstić information content (AvgIpc) is 3.21. The van der Waals surface area contributed by atoms with E-state index in [4.69, 9.17) is 9.47 Å². The lowest BCUT2D eigenvalue weighted by atomic mass is 9.83. The molecular weight excluding hydrogens is 360 g/mol. The largest absolute Gasteiger partial charge is 0.493 e. The summed E-state index contributed by atoms with van der Waals surface area (Å²) in [6.45, 7) is 0.250. The molecule has 0 aromatic heterocycles. The van der Waals surface area contributed by atoms with Gasteiger partial charge < -0.3 is 14.4 Å². The van der Waals surface area contributed by atoms with Crippen LogP contribution in [0.4, 0.5) is 10.5 Å². The minimum absolute atomic E-state index is 0.250. The average molecular weight is 378 g/mol. The van der Waals surface area contributed by atoms with E-state index in [0.29, 0.717) is 11.4 Å². The van der Waals surface area contributed by atoms with Crippen molar-refractivity contribution in [3.8, 4) is 5.75 Å². The minimum atomic E-state index is -0.898. The predicted molar refractivity (Wildman–Crippen MR) is 98.6 cm³/mol. The molecule has 142 valence electrons. The fraction of sp³-hybridized carbons (Fsp3) is 0.286. The first-order valence-corrected chi connectivity index (χ1v) is 9.14. The zero-order valence-electron chi connectivity index (χ0n) is 15.1. The SMILES string of the molecule is COC(=O)[C@H]1[C@@H]2COc3ccccc3[C@H]2N2C(=O)N(c3ccccc3)C(=O)[C@H]12. The Morgan fingerprint density at radius 2 is 1.75 bits per heavy atom. The van der Waals surface area contributed by atoms with Crippen LogP contribution in [-0.2, 0) is 14.3 Å². The van der Waals surface area contributed by atoms with Crippen LogP contribution in [0.3, 0.4) is 0 Å². The number of imide groups is 1. The van der Waals surface area contributed by atoms with Crippen molar-refractivity contribution in [2.24, 2.45) is 11.8 Å². The van der Waals surface area contributed by atoms with Gasteiger partial charge in [0.1, 0.15) is 11.8 Å². The molecule has 28 heavy (non-hydrogen) atoms.